The molecule has 2 rings (SSSR count). The van der Waals surface area contributed by atoms with E-state index in [-0.39, 0.29) is 6.61 Å². The molecule has 0 atom stereocenters. The summed E-state index contributed by atoms with van der Waals surface area (Å²) >= 11 is 0. The maximum atomic E-state index is 12.5. The second-order valence-corrected chi connectivity index (χ2v) is 5.05. The van der Waals surface area contributed by atoms with Crippen LogP contribution in [0.5, 0.6) is 11.5 Å². The normalized spacial score (nSPS) is 11.2. The number of alkyl halides is 3. The fraction of sp³-hybridized carbons (Fsp3) is 0.250. The number of aromatic nitrogens is 2. The molecule has 0 saturated carbocycles. The molecule has 0 aliphatic carbocycles. The molecule has 0 unspecified atom stereocenters. The molecule has 0 aliphatic rings. The molecule has 0 radical (unpaired) electrons. The second-order valence-electron chi connectivity index (χ2n) is 5.05. The van der Waals surface area contributed by atoms with Gasteiger partial charge in [-0.25, -0.2) is 5.43 Å². The highest BCUT2D eigenvalue weighted by Crippen LogP contribution is 2.28. The largest absolute Gasteiger partial charge is 0.493 e. The first-order valence-electron chi connectivity index (χ1n) is 7.44. The van der Waals surface area contributed by atoms with Crippen LogP contribution in [0.25, 0.3) is 0 Å². The molecular weight excluding hydrogens is 367 g/mol. The number of benzene rings is 1. The summed E-state index contributed by atoms with van der Waals surface area (Å²) in [6, 6.07) is 7.38. The van der Waals surface area contributed by atoms with Gasteiger partial charge in [0.2, 0.25) is 0 Å². The van der Waals surface area contributed by atoms with Crippen LogP contribution in [0.1, 0.15) is 11.3 Å². The Bertz CT molecular complexity index is 871. The van der Waals surface area contributed by atoms with Crippen LogP contribution in [-0.2, 0) is 17.5 Å². The third kappa shape index (κ3) is 5.74. The summed E-state index contributed by atoms with van der Waals surface area (Å²) in [5.41, 5.74) is 1.67. The molecule has 1 amide bonds. The van der Waals surface area contributed by atoms with Crippen molar-refractivity contribution in [2.75, 3.05) is 13.7 Å². The van der Waals surface area contributed by atoms with Crippen molar-refractivity contribution in [3.63, 3.8) is 0 Å². The number of halogens is 3. The molecule has 1 aromatic heterocycles. The molecule has 0 fully saturated rings. The summed E-state index contributed by atoms with van der Waals surface area (Å²) < 4.78 is 48.5. The number of nitrogens with zero attached hydrogens (tertiary/aromatic N) is 4. The lowest BCUT2D eigenvalue weighted by Crippen LogP contribution is -2.23. The van der Waals surface area contributed by atoms with Crippen LogP contribution >= 0.6 is 0 Å². The summed E-state index contributed by atoms with van der Waals surface area (Å²) in [5, 5.41) is 15.5. The Morgan fingerprint density at radius 1 is 1.41 bits per heavy atom. The van der Waals surface area contributed by atoms with E-state index in [0.717, 1.165) is 16.9 Å². The van der Waals surface area contributed by atoms with Gasteiger partial charge in [-0.2, -0.15) is 28.6 Å². The van der Waals surface area contributed by atoms with Crippen molar-refractivity contribution in [2.24, 2.45) is 5.10 Å². The molecule has 1 heterocycles. The van der Waals surface area contributed by atoms with Crippen molar-refractivity contribution in [3.8, 4) is 17.6 Å². The maximum absolute atomic E-state index is 12.5. The van der Waals surface area contributed by atoms with E-state index in [9.17, 15) is 18.0 Å². The average Bonchev–Trinajstić information content (AvgIpc) is 3.09. The number of nitriles is 1. The molecule has 142 valence electrons. The Labute approximate surface area is 151 Å². The Morgan fingerprint density at radius 2 is 2.19 bits per heavy atom. The predicted molar refractivity (Wildman–Crippen MR) is 87.1 cm³/mol. The van der Waals surface area contributed by atoms with Crippen LogP contribution in [0, 0.1) is 11.3 Å². The topological polar surface area (TPSA) is 102 Å². The van der Waals surface area contributed by atoms with Crippen LogP contribution in [0.4, 0.5) is 13.2 Å². The average molecular weight is 381 g/mol. The van der Waals surface area contributed by atoms with Gasteiger partial charge in [-0.3, -0.25) is 9.48 Å². The number of hydrogen-bond donors (Lipinski definition) is 1. The van der Waals surface area contributed by atoms with E-state index in [1.807, 2.05) is 6.07 Å². The molecule has 2 aromatic rings. The van der Waals surface area contributed by atoms with Crippen molar-refractivity contribution >= 4 is 12.1 Å². The number of rotatable bonds is 7. The molecule has 11 heteroatoms. The lowest BCUT2D eigenvalue weighted by atomic mass is 10.2. The number of ether oxygens (including phenoxy) is 2. The minimum atomic E-state index is -4.57. The first-order chi connectivity index (χ1) is 12.8. The van der Waals surface area contributed by atoms with Gasteiger partial charge in [0.25, 0.3) is 5.91 Å². The van der Waals surface area contributed by atoms with E-state index in [1.165, 1.54) is 13.3 Å². The third-order valence-electron chi connectivity index (χ3n) is 3.12. The fourth-order valence-electron chi connectivity index (χ4n) is 1.96. The van der Waals surface area contributed by atoms with Crippen molar-refractivity contribution in [1.29, 1.82) is 5.26 Å². The van der Waals surface area contributed by atoms with Gasteiger partial charge < -0.3 is 9.47 Å². The van der Waals surface area contributed by atoms with Gasteiger partial charge in [0.1, 0.15) is 12.6 Å². The zero-order chi connectivity index (χ0) is 19.9. The first-order valence-corrected chi connectivity index (χ1v) is 7.44. The van der Waals surface area contributed by atoms with Crippen molar-refractivity contribution in [1.82, 2.24) is 15.2 Å². The molecule has 27 heavy (non-hydrogen) atoms. The SMILES string of the molecule is COc1cc(/C=N\NC(=O)Cn2ccc(C(F)(F)F)n2)ccc1OCC#N. The van der Waals surface area contributed by atoms with Gasteiger partial charge >= 0.3 is 6.18 Å². The molecular formula is C16H14F3N5O3. The molecule has 8 nitrogen and oxygen atoms in total. The van der Waals surface area contributed by atoms with Crippen LogP contribution in [0.2, 0.25) is 0 Å². The highest BCUT2D eigenvalue weighted by atomic mass is 19.4. The van der Waals surface area contributed by atoms with E-state index in [0.29, 0.717) is 17.1 Å². The summed E-state index contributed by atoms with van der Waals surface area (Å²) in [5.74, 6) is 0.0974. The standard InChI is InChI=1S/C16H14F3N5O3/c1-26-13-8-11(2-3-12(13)27-7-5-20)9-21-22-15(25)10-24-6-4-14(23-24)16(17,18)19/h2-4,6,8-9H,7,10H2,1H3,(H,22,25)/b21-9-. The highest BCUT2D eigenvalue weighted by molar-refractivity contribution is 5.83. The van der Waals surface area contributed by atoms with Crippen LogP contribution in [0.3, 0.4) is 0 Å². The lowest BCUT2D eigenvalue weighted by molar-refractivity contribution is -0.141. The summed E-state index contributed by atoms with van der Waals surface area (Å²) in [6.07, 6.45) is -2.20. The number of amides is 1. The smallest absolute Gasteiger partial charge is 0.435 e. The fourth-order valence-corrected chi connectivity index (χ4v) is 1.96. The van der Waals surface area contributed by atoms with Gasteiger partial charge in [-0.05, 0) is 29.8 Å². The van der Waals surface area contributed by atoms with E-state index in [4.69, 9.17) is 14.7 Å². The number of hydrogen-bond acceptors (Lipinski definition) is 6. The maximum Gasteiger partial charge on any atom is 0.435 e. The van der Waals surface area contributed by atoms with Gasteiger partial charge in [-0.1, -0.05) is 0 Å². The van der Waals surface area contributed by atoms with E-state index in [1.54, 1.807) is 18.2 Å². The summed E-state index contributed by atoms with van der Waals surface area (Å²) in [4.78, 5) is 11.7. The van der Waals surface area contributed by atoms with E-state index < -0.39 is 24.3 Å². The van der Waals surface area contributed by atoms with E-state index >= 15 is 0 Å². The van der Waals surface area contributed by atoms with Crippen LogP contribution in [-0.4, -0.2) is 35.6 Å². The molecule has 1 aromatic carbocycles. The zero-order valence-corrected chi connectivity index (χ0v) is 14.0. The van der Waals surface area contributed by atoms with Gasteiger partial charge in [-0.15, -0.1) is 0 Å². The molecule has 0 saturated heterocycles. The number of carbonyl (C=O) groups excluding carboxylic acids is 1. The molecule has 0 bridgehead atoms. The van der Waals surface area contributed by atoms with Gasteiger partial charge in [0.05, 0.1) is 13.3 Å². The number of carbonyl (C=O) groups is 1. The minimum absolute atomic E-state index is 0.136. The minimum Gasteiger partial charge on any atom is -0.493 e. The van der Waals surface area contributed by atoms with E-state index in [2.05, 4.69) is 15.6 Å². The Kier molecular flexibility index (Phi) is 6.37. The van der Waals surface area contributed by atoms with Crippen molar-refractivity contribution < 1.29 is 27.4 Å². The first kappa shape index (κ1) is 19.8. The Morgan fingerprint density at radius 3 is 2.81 bits per heavy atom. The number of nitrogens with one attached hydrogen (secondary N) is 1. The quantitative estimate of drug-likeness (QED) is 0.584. The zero-order valence-electron chi connectivity index (χ0n) is 14.0. The van der Waals surface area contributed by atoms with Crippen LogP contribution < -0.4 is 14.9 Å². The third-order valence-corrected chi connectivity index (χ3v) is 3.12. The Hall–Kier alpha value is -3.55. The van der Waals surface area contributed by atoms with Crippen molar-refractivity contribution in [2.45, 2.75) is 12.7 Å². The highest BCUT2D eigenvalue weighted by Gasteiger charge is 2.33. The van der Waals surface area contributed by atoms with Crippen LogP contribution in [0.15, 0.2) is 35.6 Å². The predicted octanol–water partition coefficient (Wildman–Crippen LogP) is 1.96. The monoisotopic (exact) mass is 381 g/mol. The molecule has 0 aliphatic heterocycles. The lowest BCUT2D eigenvalue weighted by Gasteiger charge is -2.08. The Balaban J connectivity index is 1.93. The number of hydrazone groups is 1. The summed E-state index contributed by atoms with van der Waals surface area (Å²) in [6.45, 7) is -0.555. The number of methoxy groups -OCH3 is 1. The van der Waals surface area contributed by atoms with Gasteiger partial charge in [0.15, 0.2) is 23.8 Å². The molecule has 0 spiro atoms. The second kappa shape index (κ2) is 8.70. The summed E-state index contributed by atoms with van der Waals surface area (Å²) in [7, 11) is 1.43. The molecule has 1 N–H and O–H groups in total. The van der Waals surface area contributed by atoms with Gasteiger partial charge in [0, 0.05) is 6.20 Å². The van der Waals surface area contributed by atoms with Crippen molar-refractivity contribution in [3.05, 3.63) is 41.7 Å².